The molecule has 0 saturated heterocycles. The second kappa shape index (κ2) is 7.66. The van der Waals surface area contributed by atoms with E-state index in [0.717, 1.165) is 0 Å². The number of aliphatic hydroxyl groups excluding tert-OH is 5. The second-order valence-corrected chi connectivity index (χ2v) is 2.53. The zero-order valence-corrected chi connectivity index (χ0v) is 7.78. The molecule has 0 fully saturated rings. The van der Waals surface area contributed by atoms with Gasteiger partial charge in [-0.2, -0.15) is 0 Å². The first-order valence-corrected chi connectivity index (χ1v) is 3.57. The molecule has 6 nitrogen and oxygen atoms in total. The summed E-state index contributed by atoms with van der Waals surface area (Å²) in [6.45, 7) is -0.911. The normalized spacial score (nSPS) is 19.8. The number of nitrogens with two attached hydrogens (primary N) is 1. The van der Waals surface area contributed by atoms with Gasteiger partial charge in [0.05, 0.1) is 12.7 Å². The molecule has 0 aromatic heterocycles. The van der Waals surface area contributed by atoms with Gasteiger partial charge in [-0.15, -0.1) is 0 Å². The predicted molar refractivity (Wildman–Crippen MR) is 40.2 cm³/mol. The van der Waals surface area contributed by atoms with E-state index in [-0.39, 0.29) is 23.6 Å². The van der Waals surface area contributed by atoms with Gasteiger partial charge in [0.15, 0.2) is 0 Å². The van der Waals surface area contributed by atoms with E-state index in [1.807, 2.05) is 0 Å². The molecule has 0 saturated carbocycles. The molecule has 0 rings (SSSR count). The predicted octanol–water partition coefficient (Wildman–Crippen LogP) is -3.62. The maximum Gasteiger partial charge on any atom is 0.111 e. The van der Waals surface area contributed by atoms with Crippen molar-refractivity contribution in [1.82, 2.24) is 0 Å². The molecule has 0 unspecified atom stereocenters. The third kappa shape index (κ3) is 4.90. The van der Waals surface area contributed by atoms with Crippen molar-refractivity contribution >= 4 is 0 Å². The van der Waals surface area contributed by atoms with Crippen molar-refractivity contribution in [3.05, 3.63) is 0 Å². The zero-order chi connectivity index (χ0) is 9.72. The molecule has 0 spiro atoms. The fraction of sp³-hybridized carbons (Fsp3) is 1.00. The Morgan fingerprint density at radius 3 is 1.62 bits per heavy atom. The van der Waals surface area contributed by atoms with Crippen LogP contribution in [0.3, 0.4) is 0 Å². The third-order valence-corrected chi connectivity index (χ3v) is 1.57. The van der Waals surface area contributed by atoms with Gasteiger partial charge in [-0.1, -0.05) is 0 Å². The van der Waals surface area contributed by atoms with Gasteiger partial charge in [-0.25, -0.2) is 0 Å². The summed E-state index contributed by atoms with van der Waals surface area (Å²) in [6, 6.07) is 0. The van der Waals surface area contributed by atoms with E-state index in [1.165, 1.54) is 0 Å². The Kier molecular flexibility index (Phi) is 9.28. The maximum atomic E-state index is 9.04. The topological polar surface area (TPSA) is 127 Å². The molecular formula is C6H15CuNO5. The van der Waals surface area contributed by atoms with Crippen LogP contribution < -0.4 is 5.73 Å². The van der Waals surface area contributed by atoms with Crippen molar-refractivity contribution in [2.75, 3.05) is 13.2 Å². The van der Waals surface area contributed by atoms with Crippen molar-refractivity contribution < 1.29 is 42.6 Å². The Morgan fingerprint density at radius 1 is 0.923 bits per heavy atom. The summed E-state index contributed by atoms with van der Waals surface area (Å²) in [5.74, 6) is 0. The molecule has 85 valence electrons. The fourth-order valence-corrected chi connectivity index (χ4v) is 0.703. The number of hydrogen-bond acceptors (Lipinski definition) is 6. The van der Waals surface area contributed by atoms with E-state index in [9.17, 15) is 0 Å². The zero-order valence-electron chi connectivity index (χ0n) is 6.84. The van der Waals surface area contributed by atoms with E-state index in [2.05, 4.69) is 0 Å². The standard InChI is InChI=1S/C6H15NO5.Cu/c7-1-3(9)5(11)6(12)4(10)2-8;/h3-6,8-12H,1-2,7H2;/t3-,4+,5+,6+;/m0./s1. The molecule has 4 atom stereocenters. The van der Waals surface area contributed by atoms with Crippen LogP contribution in [0, 0.1) is 0 Å². The van der Waals surface area contributed by atoms with Crippen LogP contribution in [0.2, 0.25) is 0 Å². The van der Waals surface area contributed by atoms with Crippen LogP contribution in [-0.2, 0) is 17.1 Å². The molecule has 0 aliphatic rings. The quantitative estimate of drug-likeness (QED) is 0.277. The van der Waals surface area contributed by atoms with Crippen LogP contribution in [0.5, 0.6) is 0 Å². The average Bonchev–Trinajstić information content (AvgIpc) is 2.12. The molecule has 0 aromatic carbocycles. The third-order valence-electron chi connectivity index (χ3n) is 1.57. The first-order valence-electron chi connectivity index (χ1n) is 3.57. The van der Waals surface area contributed by atoms with Gasteiger partial charge in [-0.3, -0.25) is 0 Å². The maximum absolute atomic E-state index is 9.04. The van der Waals surface area contributed by atoms with Crippen molar-refractivity contribution in [3.63, 3.8) is 0 Å². The molecule has 0 bridgehead atoms. The van der Waals surface area contributed by atoms with Crippen LogP contribution in [0.4, 0.5) is 0 Å². The van der Waals surface area contributed by atoms with Gasteiger partial charge in [0.1, 0.15) is 18.3 Å². The first kappa shape index (κ1) is 15.7. The van der Waals surface area contributed by atoms with Gasteiger partial charge in [-0.05, 0) is 0 Å². The Hall–Kier alpha value is 0.279. The Morgan fingerprint density at radius 2 is 1.31 bits per heavy atom. The van der Waals surface area contributed by atoms with Gasteiger partial charge in [0, 0.05) is 23.6 Å². The van der Waals surface area contributed by atoms with Gasteiger partial charge in [0.2, 0.25) is 0 Å². The second-order valence-electron chi connectivity index (χ2n) is 2.53. The SMILES string of the molecule is NC[C@H](O)[C@@H](O)[C@H](O)[C@H](O)CO.[Cu]. The molecule has 0 aromatic rings. The summed E-state index contributed by atoms with van der Waals surface area (Å²) < 4.78 is 0. The molecular weight excluding hydrogens is 230 g/mol. The van der Waals surface area contributed by atoms with Gasteiger partial charge >= 0.3 is 0 Å². The minimum Gasteiger partial charge on any atom is -0.394 e. The van der Waals surface area contributed by atoms with Crippen LogP contribution in [0.25, 0.3) is 0 Å². The van der Waals surface area contributed by atoms with Crippen LogP contribution in [-0.4, -0.2) is 63.1 Å². The van der Waals surface area contributed by atoms with Crippen LogP contribution in [0.15, 0.2) is 0 Å². The minimum atomic E-state index is -1.59. The number of hydrogen-bond donors (Lipinski definition) is 6. The number of aliphatic hydroxyl groups is 5. The first-order chi connectivity index (χ1) is 5.54. The van der Waals surface area contributed by atoms with Gasteiger partial charge in [0.25, 0.3) is 0 Å². The smallest absolute Gasteiger partial charge is 0.111 e. The van der Waals surface area contributed by atoms with E-state index in [4.69, 9.17) is 31.3 Å². The number of rotatable bonds is 5. The van der Waals surface area contributed by atoms with Crippen LogP contribution in [0.1, 0.15) is 0 Å². The van der Waals surface area contributed by atoms with Crippen molar-refractivity contribution in [2.45, 2.75) is 24.4 Å². The summed E-state index contributed by atoms with van der Waals surface area (Å²) in [7, 11) is 0. The monoisotopic (exact) mass is 244 g/mol. The van der Waals surface area contributed by atoms with Crippen molar-refractivity contribution in [1.29, 1.82) is 0 Å². The molecule has 0 heterocycles. The van der Waals surface area contributed by atoms with E-state index in [0.29, 0.717) is 0 Å². The average molecular weight is 245 g/mol. The molecule has 7 N–H and O–H groups in total. The van der Waals surface area contributed by atoms with Crippen molar-refractivity contribution in [2.24, 2.45) is 5.73 Å². The summed E-state index contributed by atoms with van der Waals surface area (Å²) in [5, 5.41) is 44.2. The summed E-state index contributed by atoms with van der Waals surface area (Å²) >= 11 is 0. The molecule has 1 radical (unpaired) electrons. The summed E-state index contributed by atoms with van der Waals surface area (Å²) in [5.41, 5.74) is 4.99. The Labute approximate surface area is 86.5 Å². The molecule has 13 heavy (non-hydrogen) atoms. The Balaban J connectivity index is 0. The molecule has 0 aliphatic heterocycles. The fourth-order valence-electron chi connectivity index (χ4n) is 0.703. The van der Waals surface area contributed by atoms with Crippen molar-refractivity contribution in [3.8, 4) is 0 Å². The van der Waals surface area contributed by atoms with Crippen LogP contribution >= 0.6 is 0 Å². The largest absolute Gasteiger partial charge is 0.394 e. The summed E-state index contributed by atoms with van der Waals surface area (Å²) in [6.07, 6.45) is -5.91. The van der Waals surface area contributed by atoms with E-state index < -0.39 is 31.0 Å². The molecule has 0 aliphatic carbocycles. The van der Waals surface area contributed by atoms with Gasteiger partial charge < -0.3 is 31.3 Å². The summed E-state index contributed by atoms with van der Waals surface area (Å²) in [4.78, 5) is 0. The van der Waals surface area contributed by atoms with E-state index in [1.54, 1.807) is 0 Å². The Bertz CT molecular complexity index is 114. The molecule has 0 amide bonds. The minimum absolute atomic E-state index is 0. The van der Waals surface area contributed by atoms with E-state index >= 15 is 0 Å². The molecule has 7 heteroatoms.